The third-order valence-corrected chi connectivity index (χ3v) is 3.17. The Morgan fingerprint density at radius 3 is 1.83 bits per heavy atom. The van der Waals surface area contributed by atoms with Crippen LogP contribution in [0.2, 0.25) is 0 Å². The Hall–Kier alpha value is -0.570. The van der Waals surface area contributed by atoms with Crippen molar-refractivity contribution in [2.75, 3.05) is 6.54 Å². The summed E-state index contributed by atoms with van der Waals surface area (Å²) in [6.45, 7) is 15.3. The summed E-state index contributed by atoms with van der Waals surface area (Å²) in [4.78, 5) is 12.1. The zero-order chi connectivity index (χ0) is 14.6. The van der Waals surface area contributed by atoms with Crippen molar-refractivity contribution < 1.29 is 4.79 Å². The first-order valence-corrected chi connectivity index (χ1v) is 6.91. The van der Waals surface area contributed by atoms with Crippen LogP contribution in [0.4, 0.5) is 0 Å². The summed E-state index contributed by atoms with van der Waals surface area (Å²) >= 11 is 0. The van der Waals surface area contributed by atoms with Crippen LogP contribution in [-0.2, 0) is 4.79 Å². The van der Waals surface area contributed by atoms with Gasteiger partial charge in [0.15, 0.2) is 0 Å². The Kier molecular flexibility index (Phi) is 5.86. The molecule has 0 fully saturated rings. The monoisotopic (exact) mass is 256 g/mol. The van der Waals surface area contributed by atoms with Gasteiger partial charge in [0.25, 0.3) is 0 Å². The van der Waals surface area contributed by atoms with E-state index in [0.29, 0.717) is 0 Å². The first-order chi connectivity index (χ1) is 7.83. The highest BCUT2D eigenvalue weighted by Crippen LogP contribution is 2.26. The summed E-state index contributed by atoms with van der Waals surface area (Å²) in [5, 5.41) is 3.04. The Morgan fingerprint density at radius 2 is 1.44 bits per heavy atom. The molecule has 0 aliphatic heterocycles. The van der Waals surface area contributed by atoms with Crippen LogP contribution in [-0.4, -0.2) is 18.0 Å². The normalized spacial score (nSPS) is 13.6. The van der Waals surface area contributed by atoms with Crippen molar-refractivity contribution in [1.82, 2.24) is 5.32 Å². The molecule has 0 aromatic heterocycles. The minimum atomic E-state index is -0.339. The van der Waals surface area contributed by atoms with Crippen molar-refractivity contribution >= 4 is 5.91 Å². The van der Waals surface area contributed by atoms with Gasteiger partial charge in [0.1, 0.15) is 0 Å². The van der Waals surface area contributed by atoms with Gasteiger partial charge in [-0.2, -0.15) is 0 Å². The standard InChI is InChI=1S/C15H32N2O/c1-13(2,3)10-11-17-12(18)14(4,5)8-9-15(6,7)16/h8-11,16H2,1-7H3,(H,17,18). The van der Waals surface area contributed by atoms with Crippen LogP contribution in [0, 0.1) is 10.8 Å². The Morgan fingerprint density at radius 1 is 0.944 bits per heavy atom. The van der Waals surface area contributed by atoms with Crippen molar-refractivity contribution in [3.05, 3.63) is 0 Å². The second-order valence-corrected chi connectivity index (χ2v) is 7.94. The summed E-state index contributed by atoms with van der Waals surface area (Å²) in [7, 11) is 0. The average Bonchev–Trinajstić information content (AvgIpc) is 2.11. The third-order valence-electron chi connectivity index (χ3n) is 3.17. The summed E-state index contributed by atoms with van der Waals surface area (Å²) in [5.41, 5.74) is 5.68. The average molecular weight is 256 g/mol. The van der Waals surface area contributed by atoms with Crippen molar-refractivity contribution in [2.24, 2.45) is 16.6 Å². The highest BCUT2D eigenvalue weighted by molar-refractivity contribution is 5.81. The molecule has 0 aromatic rings. The molecule has 3 heteroatoms. The van der Waals surface area contributed by atoms with Crippen LogP contribution in [0.5, 0.6) is 0 Å². The van der Waals surface area contributed by atoms with Crippen molar-refractivity contribution in [3.63, 3.8) is 0 Å². The number of hydrogen-bond donors (Lipinski definition) is 2. The highest BCUT2D eigenvalue weighted by Gasteiger charge is 2.29. The van der Waals surface area contributed by atoms with Crippen LogP contribution in [0.15, 0.2) is 0 Å². The summed E-state index contributed by atoms with van der Waals surface area (Å²) < 4.78 is 0. The first-order valence-electron chi connectivity index (χ1n) is 6.91. The molecule has 0 radical (unpaired) electrons. The molecule has 0 saturated carbocycles. The number of nitrogens with one attached hydrogen (secondary N) is 1. The predicted octanol–water partition coefficient (Wildman–Crippen LogP) is 3.08. The smallest absolute Gasteiger partial charge is 0.225 e. The number of rotatable bonds is 6. The summed E-state index contributed by atoms with van der Waals surface area (Å²) in [6.07, 6.45) is 2.67. The second kappa shape index (κ2) is 6.05. The maximum atomic E-state index is 12.1. The molecule has 108 valence electrons. The predicted molar refractivity (Wildman–Crippen MR) is 78.4 cm³/mol. The van der Waals surface area contributed by atoms with E-state index in [-0.39, 0.29) is 22.3 Å². The van der Waals surface area contributed by atoms with Gasteiger partial charge in [-0.05, 0) is 38.5 Å². The zero-order valence-electron chi connectivity index (χ0n) is 13.3. The Balaban J connectivity index is 4.15. The van der Waals surface area contributed by atoms with Gasteiger partial charge in [0.05, 0.1) is 0 Å². The van der Waals surface area contributed by atoms with E-state index in [4.69, 9.17) is 5.73 Å². The van der Waals surface area contributed by atoms with Crippen molar-refractivity contribution in [1.29, 1.82) is 0 Å². The molecule has 0 bridgehead atoms. The molecule has 0 rings (SSSR count). The maximum Gasteiger partial charge on any atom is 0.225 e. The van der Waals surface area contributed by atoms with E-state index in [1.807, 2.05) is 27.7 Å². The van der Waals surface area contributed by atoms with Crippen molar-refractivity contribution in [2.45, 2.75) is 73.3 Å². The fourth-order valence-electron chi connectivity index (χ4n) is 1.54. The molecule has 0 atom stereocenters. The lowest BCUT2D eigenvalue weighted by Crippen LogP contribution is -2.41. The van der Waals surface area contributed by atoms with E-state index in [1.165, 1.54) is 0 Å². The number of carbonyl (C=O) groups is 1. The summed E-state index contributed by atoms with van der Waals surface area (Å²) in [5.74, 6) is 0.135. The number of carbonyl (C=O) groups excluding carboxylic acids is 1. The fourth-order valence-corrected chi connectivity index (χ4v) is 1.54. The minimum Gasteiger partial charge on any atom is -0.356 e. The molecular weight excluding hydrogens is 224 g/mol. The summed E-state index contributed by atoms with van der Waals surface area (Å²) in [6, 6.07) is 0. The molecular formula is C15H32N2O. The maximum absolute atomic E-state index is 12.1. The molecule has 3 nitrogen and oxygen atoms in total. The van der Waals surface area contributed by atoms with Crippen LogP contribution in [0.25, 0.3) is 0 Å². The second-order valence-electron chi connectivity index (χ2n) is 7.94. The van der Waals surface area contributed by atoms with Crippen LogP contribution in [0.1, 0.15) is 67.7 Å². The molecule has 0 aliphatic carbocycles. The van der Waals surface area contributed by atoms with Gasteiger partial charge in [0, 0.05) is 17.5 Å². The molecule has 0 aromatic carbocycles. The van der Waals surface area contributed by atoms with Gasteiger partial charge in [-0.1, -0.05) is 34.6 Å². The van der Waals surface area contributed by atoms with E-state index in [1.54, 1.807) is 0 Å². The third kappa shape index (κ3) is 8.51. The van der Waals surface area contributed by atoms with Crippen LogP contribution < -0.4 is 11.1 Å². The molecule has 18 heavy (non-hydrogen) atoms. The van der Waals surface area contributed by atoms with E-state index < -0.39 is 0 Å². The van der Waals surface area contributed by atoms with Crippen LogP contribution in [0.3, 0.4) is 0 Å². The first kappa shape index (κ1) is 17.4. The Bertz CT molecular complexity index is 269. The molecule has 0 unspecified atom stereocenters. The zero-order valence-corrected chi connectivity index (χ0v) is 13.3. The molecule has 0 spiro atoms. The quantitative estimate of drug-likeness (QED) is 0.767. The van der Waals surface area contributed by atoms with E-state index >= 15 is 0 Å². The van der Waals surface area contributed by atoms with Gasteiger partial charge in [-0.25, -0.2) is 0 Å². The lowest BCUT2D eigenvalue weighted by molar-refractivity contribution is -0.129. The number of nitrogens with two attached hydrogens (primary N) is 1. The molecule has 0 aliphatic rings. The molecule has 0 saturated heterocycles. The van der Waals surface area contributed by atoms with E-state index in [2.05, 4.69) is 26.1 Å². The van der Waals surface area contributed by atoms with Gasteiger partial charge in [-0.15, -0.1) is 0 Å². The molecule has 3 N–H and O–H groups in total. The van der Waals surface area contributed by atoms with Gasteiger partial charge < -0.3 is 11.1 Å². The van der Waals surface area contributed by atoms with Crippen LogP contribution >= 0.6 is 0 Å². The lowest BCUT2D eigenvalue weighted by atomic mass is 9.82. The van der Waals surface area contributed by atoms with Crippen molar-refractivity contribution in [3.8, 4) is 0 Å². The van der Waals surface area contributed by atoms with E-state index in [0.717, 1.165) is 25.8 Å². The Labute approximate surface area is 113 Å². The van der Waals surface area contributed by atoms with E-state index in [9.17, 15) is 4.79 Å². The topological polar surface area (TPSA) is 55.1 Å². The number of hydrogen-bond acceptors (Lipinski definition) is 2. The van der Waals surface area contributed by atoms with Gasteiger partial charge in [-0.3, -0.25) is 4.79 Å². The van der Waals surface area contributed by atoms with Gasteiger partial charge >= 0.3 is 0 Å². The van der Waals surface area contributed by atoms with Gasteiger partial charge in [0.2, 0.25) is 5.91 Å². The minimum absolute atomic E-state index is 0.135. The SMILES string of the molecule is CC(C)(C)CCNC(=O)C(C)(C)CCC(C)(C)N. The molecule has 1 amide bonds. The highest BCUT2D eigenvalue weighted by atomic mass is 16.2. The largest absolute Gasteiger partial charge is 0.356 e. The molecule has 0 heterocycles. The fraction of sp³-hybridized carbons (Fsp3) is 0.933. The lowest BCUT2D eigenvalue weighted by Gasteiger charge is -2.28. The number of amides is 1.